The first-order valence-corrected chi connectivity index (χ1v) is 6.92. The lowest BCUT2D eigenvalue weighted by Crippen LogP contribution is -1.90. The van der Waals surface area contributed by atoms with E-state index in [4.69, 9.17) is 0 Å². The summed E-state index contributed by atoms with van der Waals surface area (Å²) in [4.78, 5) is 18.0. The number of nitro groups is 1. The highest BCUT2D eigenvalue weighted by Crippen LogP contribution is 2.30. The van der Waals surface area contributed by atoms with Crippen LogP contribution in [0.15, 0.2) is 46.5 Å². The van der Waals surface area contributed by atoms with Crippen LogP contribution in [0, 0.1) is 22.9 Å². The van der Waals surface area contributed by atoms with E-state index in [1.54, 1.807) is 0 Å². The van der Waals surface area contributed by atoms with Crippen molar-refractivity contribution >= 4 is 28.5 Å². The van der Waals surface area contributed by atoms with E-state index >= 15 is 0 Å². The molecule has 1 N–H and O–H groups in total. The molecule has 0 aliphatic carbocycles. The molecule has 7 heteroatoms. The number of hydrogen-bond donors (Lipinski definition) is 1. The first-order chi connectivity index (χ1) is 10.0. The van der Waals surface area contributed by atoms with Crippen LogP contribution >= 0.6 is 11.8 Å². The Morgan fingerprint density at radius 2 is 2.10 bits per heavy atom. The average molecular weight is 303 g/mol. The van der Waals surface area contributed by atoms with Crippen LogP contribution in [-0.4, -0.2) is 14.9 Å². The largest absolute Gasteiger partial charge is 0.333 e. The van der Waals surface area contributed by atoms with Gasteiger partial charge in [-0.05, 0) is 30.7 Å². The van der Waals surface area contributed by atoms with E-state index in [0.29, 0.717) is 10.1 Å². The summed E-state index contributed by atoms with van der Waals surface area (Å²) in [6.07, 6.45) is 0. The SMILES string of the molecule is Cc1ccc2nc(Sc3cc(F)cc([N+](=O)[O-])c3)[nH]c2c1. The van der Waals surface area contributed by atoms with Gasteiger partial charge in [-0.3, -0.25) is 10.1 Å². The molecule has 0 fully saturated rings. The molecule has 3 aromatic rings. The number of aromatic nitrogens is 2. The van der Waals surface area contributed by atoms with E-state index in [1.807, 2.05) is 25.1 Å². The fraction of sp³-hybridized carbons (Fsp3) is 0.0714. The second kappa shape index (κ2) is 5.17. The maximum atomic E-state index is 13.4. The van der Waals surface area contributed by atoms with Crippen molar-refractivity contribution in [2.45, 2.75) is 17.0 Å². The highest BCUT2D eigenvalue weighted by atomic mass is 32.2. The van der Waals surface area contributed by atoms with Gasteiger partial charge in [0.2, 0.25) is 0 Å². The van der Waals surface area contributed by atoms with E-state index in [1.165, 1.54) is 12.1 Å². The number of aromatic amines is 1. The summed E-state index contributed by atoms with van der Waals surface area (Å²) in [7, 11) is 0. The Morgan fingerprint density at radius 3 is 2.86 bits per heavy atom. The van der Waals surface area contributed by atoms with Crippen molar-refractivity contribution in [2.24, 2.45) is 0 Å². The van der Waals surface area contributed by atoms with Gasteiger partial charge in [-0.1, -0.05) is 17.8 Å². The van der Waals surface area contributed by atoms with Crippen LogP contribution in [-0.2, 0) is 0 Å². The highest BCUT2D eigenvalue weighted by molar-refractivity contribution is 7.99. The summed E-state index contributed by atoms with van der Waals surface area (Å²) in [6, 6.07) is 9.26. The van der Waals surface area contributed by atoms with E-state index in [-0.39, 0.29) is 5.69 Å². The third-order valence-electron chi connectivity index (χ3n) is 2.90. The lowest BCUT2D eigenvalue weighted by atomic mass is 10.2. The zero-order valence-electron chi connectivity index (χ0n) is 11.0. The van der Waals surface area contributed by atoms with Gasteiger partial charge in [-0.15, -0.1) is 0 Å². The fourth-order valence-electron chi connectivity index (χ4n) is 1.97. The number of nitro benzene ring substituents is 1. The summed E-state index contributed by atoms with van der Waals surface area (Å²) in [5, 5.41) is 11.3. The number of rotatable bonds is 3. The highest BCUT2D eigenvalue weighted by Gasteiger charge is 2.12. The third-order valence-corrected chi connectivity index (χ3v) is 3.76. The van der Waals surface area contributed by atoms with Crippen LogP contribution in [0.3, 0.4) is 0 Å². The Morgan fingerprint density at radius 1 is 1.29 bits per heavy atom. The summed E-state index contributed by atoms with van der Waals surface area (Å²) >= 11 is 1.15. The Hall–Kier alpha value is -2.41. The lowest BCUT2D eigenvalue weighted by molar-refractivity contribution is -0.385. The number of non-ortho nitro benzene ring substituents is 1. The number of nitrogens with zero attached hydrogens (tertiary/aromatic N) is 2. The molecule has 0 amide bonds. The molecule has 0 atom stereocenters. The molecular weight excluding hydrogens is 293 g/mol. The molecule has 21 heavy (non-hydrogen) atoms. The molecule has 0 saturated heterocycles. The number of halogens is 1. The van der Waals surface area contributed by atoms with Gasteiger partial charge in [-0.2, -0.15) is 0 Å². The Balaban J connectivity index is 1.96. The average Bonchev–Trinajstić information content (AvgIpc) is 2.79. The van der Waals surface area contributed by atoms with Gasteiger partial charge in [-0.25, -0.2) is 9.37 Å². The van der Waals surface area contributed by atoms with Crippen molar-refractivity contribution in [3.8, 4) is 0 Å². The van der Waals surface area contributed by atoms with Gasteiger partial charge in [0.25, 0.3) is 5.69 Å². The predicted molar refractivity (Wildman–Crippen MR) is 78.0 cm³/mol. The minimum Gasteiger partial charge on any atom is -0.333 e. The first-order valence-electron chi connectivity index (χ1n) is 6.10. The molecule has 1 heterocycles. The molecule has 2 aromatic carbocycles. The summed E-state index contributed by atoms with van der Waals surface area (Å²) < 4.78 is 13.4. The molecule has 5 nitrogen and oxygen atoms in total. The van der Waals surface area contributed by atoms with Crippen molar-refractivity contribution in [1.29, 1.82) is 0 Å². The van der Waals surface area contributed by atoms with Gasteiger partial charge in [0, 0.05) is 11.0 Å². The van der Waals surface area contributed by atoms with Gasteiger partial charge in [0.05, 0.1) is 22.0 Å². The number of benzene rings is 2. The van der Waals surface area contributed by atoms with E-state index < -0.39 is 10.7 Å². The number of imidazole rings is 1. The number of fused-ring (bicyclic) bond motifs is 1. The molecule has 0 aliphatic rings. The number of nitrogens with one attached hydrogen (secondary N) is 1. The molecule has 0 spiro atoms. The molecule has 0 aliphatic heterocycles. The quantitative estimate of drug-likeness (QED) is 0.585. The van der Waals surface area contributed by atoms with E-state index in [9.17, 15) is 14.5 Å². The number of H-pyrrole nitrogens is 1. The molecule has 0 saturated carbocycles. The zero-order valence-corrected chi connectivity index (χ0v) is 11.8. The van der Waals surface area contributed by atoms with Crippen LogP contribution in [0.4, 0.5) is 10.1 Å². The summed E-state index contributed by atoms with van der Waals surface area (Å²) in [5.41, 5.74) is 2.51. The molecule has 0 radical (unpaired) electrons. The fourth-order valence-corrected chi connectivity index (χ4v) is 2.85. The van der Waals surface area contributed by atoms with E-state index in [2.05, 4.69) is 9.97 Å². The smallest absolute Gasteiger partial charge is 0.273 e. The monoisotopic (exact) mass is 303 g/mol. The van der Waals surface area contributed by atoms with Crippen LogP contribution in [0.5, 0.6) is 0 Å². The molecule has 3 rings (SSSR count). The predicted octanol–water partition coefficient (Wildman–Crippen LogP) is 4.07. The van der Waals surface area contributed by atoms with Crippen molar-refractivity contribution in [3.05, 3.63) is 57.9 Å². The molecule has 0 bridgehead atoms. The van der Waals surface area contributed by atoms with Crippen molar-refractivity contribution in [2.75, 3.05) is 0 Å². The van der Waals surface area contributed by atoms with Crippen LogP contribution in [0.25, 0.3) is 11.0 Å². The van der Waals surface area contributed by atoms with Crippen molar-refractivity contribution in [1.82, 2.24) is 9.97 Å². The first kappa shape index (κ1) is 13.6. The topological polar surface area (TPSA) is 71.8 Å². The number of hydrogen-bond acceptors (Lipinski definition) is 4. The van der Waals surface area contributed by atoms with Crippen LogP contribution < -0.4 is 0 Å². The van der Waals surface area contributed by atoms with Crippen LogP contribution in [0.1, 0.15) is 5.56 Å². The zero-order chi connectivity index (χ0) is 15.0. The summed E-state index contributed by atoms with van der Waals surface area (Å²) in [5.74, 6) is -0.640. The van der Waals surface area contributed by atoms with Crippen molar-refractivity contribution in [3.63, 3.8) is 0 Å². The standard InChI is InChI=1S/C14H10FN3O2S/c1-8-2-3-12-13(4-8)17-14(16-12)21-11-6-9(15)5-10(7-11)18(19)20/h2-7H,1H3,(H,16,17). The van der Waals surface area contributed by atoms with Gasteiger partial charge < -0.3 is 4.98 Å². The Labute approximate surface area is 123 Å². The molecule has 1 aromatic heterocycles. The maximum absolute atomic E-state index is 13.4. The summed E-state index contributed by atoms with van der Waals surface area (Å²) in [6.45, 7) is 1.98. The molecule has 106 valence electrons. The van der Waals surface area contributed by atoms with Gasteiger partial charge in [0.15, 0.2) is 5.16 Å². The van der Waals surface area contributed by atoms with Crippen LogP contribution in [0.2, 0.25) is 0 Å². The Kier molecular flexibility index (Phi) is 3.34. The van der Waals surface area contributed by atoms with Gasteiger partial charge in [0.1, 0.15) is 5.82 Å². The minimum atomic E-state index is -0.640. The lowest BCUT2D eigenvalue weighted by Gasteiger charge is -1.99. The normalized spacial score (nSPS) is 11.0. The third kappa shape index (κ3) is 2.87. The number of aryl methyl sites for hydroxylation is 1. The van der Waals surface area contributed by atoms with Gasteiger partial charge >= 0.3 is 0 Å². The van der Waals surface area contributed by atoms with Crippen molar-refractivity contribution < 1.29 is 9.31 Å². The molecule has 0 unspecified atom stereocenters. The molecular formula is C14H10FN3O2S. The van der Waals surface area contributed by atoms with E-state index in [0.717, 1.165) is 34.4 Å². The second-order valence-electron chi connectivity index (χ2n) is 4.57. The minimum absolute atomic E-state index is 0.274. The second-order valence-corrected chi connectivity index (χ2v) is 5.63. The Bertz CT molecular complexity index is 847. The maximum Gasteiger partial charge on any atom is 0.273 e.